The van der Waals surface area contributed by atoms with Crippen LogP contribution < -0.4 is 0 Å². The van der Waals surface area contributed by atoms with Gasteiger partial charge in [0.15, 0.2) is 5.78 Å². The van der Waals surface area contributed by atoms with E-state index in [9.17, 15) is 9.90 Å². The third-order valence-electron chi connectivity index (χ3n) is 3.66. The summed E-state index contributed by atoms with van der Waals surface area (Å²) in [5.74, 6) is -0.122. The summed E-state index contributed by atoms with van der Waals surface area (Å²) in [4.78, 5) is 11.9. The number of phenolic OH excluding ortho intramolecular Hbond substituents is 1. The van der Waals surface area contributed by atoms with Gasteiger partial charge in [0, 0.05) is 0 Å². The van der Waals surface area contributed by atoms with Crippen LogP contribution in [0.2, 0.25) is 0 Å². The summed E-state index contributed by atoms with van der Waals surface area (Å²) in [5.41, 5.74) is 3.94. The Kier molecular flexibility index (Phi) is 3.75. The SMILES string of the molecule is CC(=O)c1c(O)cc(-c2ccccc2)cc1-c1ccccc1. The summed E-state index contributed by atoms with van der Waals surface area (Å²) in [6.07, 6.45) is 0. The Morgan fingerprint density at radius 2 is 1.32 bits per heavy atom. The maximum absolute atomic E-state index is 11.9. The van der Waals surface area contributed by atoms with E-state index in [1.165, 1.54) is 6.92 Å². The van der Waals surface area contributed by atoms with E-state index in [4.69, 9.17) is 0 Å². The number of carbonyl (C=O) groups is 1. The standard InChI is InChI=1S/C20H16O2/c1-14(21)20-18(16-10-6-3-7-11-16)12-17(13-19(20)22)15-8-4-2-5-9-15/h2-13,22H,1H3. The predicted molar refractivity (Wildman–Crippen MR) is 89.0 cm³/mol. The molecular formula is C20H16O2. The maximum Gasteiger partial charge on any atom is 0.164 e. The van der Waals surface area contributed by atoms with E-state index in [0.29, 0.717) is 5.56 Å². The molecule has 0 unspecified atom stereocenters. The van der Waals surface area contributed by atoms with Gasteiger partial charge in [0.2, 0.25) is 0 Å². The van der Waals surface area contributed by atoms with Crippen molar-refractivity contribution in [2.75, 3.05) is 0 Å². The lowest BCUT2D eigenvalue weighted by atomic mass is 9.92. The fourth-order valence-corrected chi connectivity index (χ4v) is 2.64. The van der Waals surface area contributed by atoms with Gasteiger partial charge in [-0.25, -0.2) is 0 Å². The number of phenols is 1. The van der Waals surface area contributed by atoms with Crippen molar-refractivity contribution in [3.05, 3.63) is 78.4 Å². The van der Waals surface area contributed by atoms with E-state index in [1.807, 2.05) is 66.7 Å². The van der Waals surface area contributed by atoms with Crippen LogP contribution in [-0.4, -0.2) is 10.9 Å². The minimum Gasteiger partial charge on any atom is -0.507 e. The number of aromatic hydroxyl groups is 1. The Hall–Kier alpha value is -2.87. The molecule has 3 rings (SSSR count). The van der Waals surface area contributed by atoms with Gasteiger partial charge in [-0.2, -0.15) is 0 Å². The molecule has 0 aromatic heterocycles. The Labute approximate surface area is 129 Å². The summed E-state index contributed by atoms with van der Waals surface area (Å²) in [6.45, 7) is 1.48. The highest BCUT2D eigenvalue weighted by Gasteiger charge is 2.16. The average molecular weight is 288 g/mol. The molecule has 3 aromatic carbocycles. The van der Waals surface area contributed by atoms with Gasteiger partial charge in [0.1, 0.15) is 5.75 Å². The number of hydrogen-bond donors (Lipinski definition) is 1. The smallest absolute Gasteiger partial charge is 0.164 e. The molecule has 0 saturated carbocycles. The summed E-state index contributed by atoms with van der Waals surface area (Å²) in [5, 5.41) is 10.3. The van der Waals surface area contributed by atoms with Gasteiger partial charge in [0.05, 0.1) is 5.56 Å². The van der Waals surface area contributed by atoms with Crippen molar-refractivity contribution in [3.63, 3.8) is 0 Å². The molecular weight excluding hydrogens is 272 g/mol. The van der Waals surface area contributed by atoms with E-state index in [-0.39, 0.29) is 11.5 Å². The van der Waals surface area contributed by atoms with Crippen LogP contribution in [0, 0.1) is 0 Å². The molecule has 0 fully saturated rings. The van der Waals surface area contributed by atoms with E-state index in [1.54, 1.807) is 6.07 Å². The molecule has 0 amide bonds. The molecule has 108 valence electrons. The summed E-state index contributed by atoms with van der Waals surface area (Å²) in [7, 11) is 0. The molecule has 2 heteroatoms. The molecule has 0 aliphatic heterocycles. The zero-order valence-electron chi connectivity index (χ0n) is 12.3. The molecule has 0 saturated heterocycles. The van der Waals surface area contributed by atoms with E-state index < -0.39 is 0 Å². The van der Waals surface area contributed by atoms with Gasteiger partial charge in [-0.1, -0.05) is 60.7 Å². The first-order valence-corrected chi connectivity index (χ1v) is 7.15. The fourth-order valence-electron chi connectivity index (χ4n) is 2.64. The zero-order chi connectivity index (χ0) is 15.5. The Morgan fingerprint density at radius 1 is 0.773 bits per heavy atom. The summed E-state index contributed by atoms with van der Waals surface area (Å²) >= 11 is 0. The van der Waals surface area contributed by atoms with Crippen LogP contribution in [0.15, 0.2) is 72.8 Å². The van der Waals surface area contributed by atoms with E-state index >= 15 is 0 Å². The highest BCUT2D eigenvalue weighted by molar-refractivity contribution is 6.04. The zero-order valence-corrected chi connectivity index (χ0v) is 12.3. The monoisotopic (exact) mass is 288 g/mol. The van der Waals surface area contributed by atoms with Gasteiger partial charge in [0.25, 0.3) is 0 Å². The van der Waals surface area contributed by atoms with Crippen molar-refractivity contribution in [1.29, 1.82) is 0 Å². The predicted octanol–water partition coefficient (Wildman–Crippen LogP) is 4.93. The summed E-state index contributed by atoms with van der Waals surface area (Å²) in [6, 6.07) is 23.1. The molecule has 3 aromatic rings. The van der Waals surface area contributed by atoms with Gasteiger partial charge in [-0.3, -0.25) is 4.79 Å². The lowest BCUT2D eigenvalue weighted by Crippen LogP contribution is -1.98. The highest BCUT2D eigenvalue weighted by Crippen LogP contribution is 2.35. The van der Waals surface area contributed by atoms with Crippen molar-refractivity contribution < 1.29 is 9.90 Å². The molecule has 0 bridgehead atoms. The van der Waals surface area contributed by atoms with Gasteiger partial charge in [-0.15, -0.1) is 0 Å². The fraction of sp³-hybridized carbons (Fsp3) is 0.0500. The summed E-state index contributed by atoms with van der Waals surface area (Å²) < 4.78 is 0. The molecule has 22 heavy (non-hydrogen) atoms. The van der Waals surface area contributed by atoms with Crippen LogP contribution in [0.5, 0.6) is 5.75 Å². The minimum absolute atomic E-state index is 0.0210. The van der Waals surface area contributed by atoms with Gasteiger partial charge in [-0.05, 0) is 41.3 Å². The van der Waals surface area contributed by atoms with Crippen molar-refractivity contribution >= 4 is 5.78 Å². The first-order chi connectivity index (χ1) is 10.7. The quantitative estimate of drug-likeness (QED) is 0.694. The molecule has 0 heterocycles. The molecule has 0 aliphatic carbocycles. The van der Waals surface area contributed by atoms with Crippen molar-refractivity contribution in [1.82, 2.24) is 0 Å². The molecule has 0 radical (unpaired) electrons. The minimum atomic E-state index is -0.143. The number of rotatable bonds is 3. The lowest BCUT2D eigenvalue weighted by Gasteiger charge is -2.13. The number of carbonyl (C=O) groups excluding carboxylic acids is 1. The van der Waals surface area contributed by atoms with E-state index in [2.05, 4.69) is 0 Å². The van der Waals surface area contributed by atoms with Gasteiger partial charge >= 0.3 is 0 Å². The second-order valence-corrected chi connectivity index (χ2v) is 5.21. The highest BCUT2D eigenvalue weighted by atomic mass is 16.3. The first-order valence-electron chi connectivity index (χ1n) is 7.15. The normalized spacial score (nSPS) is 10.4. The van der Waals surface area contributed by atoms with Crippen LogP contribution >= 0.6 is 0 Å². The molecule has 2 nitrogen and oxygen atoms in total. The number of hydrogen-bond acceptors (Lipinski definition) is 2. The molecule has 0 aliphatic rings. The lowest BCUT2D eigenvalue weighted by molar-refractivity contribution is 0.101. The number of Topliss-reactive ketones (excluding diaryl/α,β-unsaturated/α-hetero) is 1. The Bertz CT molecular complexity index is 806. The third kappa shape index (κ3) is 2.63. The van der Waals surface area contributed by atoms with Crippen LogP contribution in [0.3, 0.4) is 0 Å². The van der Waals surface area contributed by atoms with Crippen LogP contribution in [0.4, 0.5) is 0 Å². The van der Waals surface area contributed by atoms with Crippen LogP contribution in [-0.2, 0) is 0 Å². The average Bonchev–Trinajstić information content (AvgIpc) is 2.55. The van der Waals surface area contributed by atoms with Crippen molar-refractivity contribution in [2.24, 2.45) is 0 Å². The maximum atomic E-state index is 11.9. The Balaban J connectivity index is 2.26. The number of ketones is 1. The van der Waals surface area contributed by atoms with Crippen LogP contribution in [0.1, 0.15) is 17.3 Å². The topological polar surface area (TPSA) is 37.3 Å². The Morgan fingerprint density at radius 3 is 1.86 bits per heavy atom. The van der Waals surface area contributed by atoms with Crippen molar-refractivity contribution in [2.45, 2.75) is 6.92 Å². The molecule has 1 N–H and O–H groups in total. The van der Waals surface area contributed by atoms with E-state index in [0.717, 1.165) is 22.3 Å². The first kappa shape index (κ1) is 14.1. The molecule has 0 spiro atoms. The largest absolute Gasteiger partial charge is 0.507 e. The van der Waals surface area contributed by atoms with Crippen molar-refractivity contribution in [3.8, 4) is 28.0 Å². The molecule has 0 atom stereocenters. The second kappa shape index (κ2) is 5.86. The van der Waals surface area contributed by atoms with Crippen LogP contribution in [0.25, 0.3) is 22.3 Å². The van der Waals surface area contributed by atoms with Gasteiger partial charge < -0.3 is 5.11 Å². The second-order valence-electron chi connectivity index (χ2n) is 5.21. The third-order valence-corrected chi connectivity index (χ3v) is 3.66. The number of benzene rings is 3.